The highest BCUT2D eigenvalue weighted by molar-refractivity contribution is 5.74. The lowest BCUT2D eigenvalue weighted by atomic mass is 10.4. The van der Waals surface area contributed by atoms with Crippen molar-refractivity contribution in [1.82, 2.24) is 19.8 Å². The number of nitrogens with one attached hydrogen (secondary N) is 1. The molecular weight excluding hydrogens is 289 g/mol. The maximum Gasteiger partial charge on any atom is 0.406 e. The van der Waals surface area contributed by atoms with E-state index in [1.807, 2.05) is 0 Å². The number of nitrogens with zero attached hydrogens (tertiary/aromatic N) is 3. The van der Waals surface area contributed by atoms with Crippen molar-refractivity contribution in [3.8, 4) is 0 Å². The summed E-state index contributed by atoms with van der Waals surface area (Å²) in [5.74, 6) is 0.171. The maximum absolute atomic E-state index is 12.4. The molecule has 0 saturated heterocycles. The minimum atomic E-state index is -4.33. The number of imidazole rings is 1. The fourth-order valence-electron chi connectivity index (χ4n) is 1.73. The van der Waals surface area contributed by atoms with Gasteiger partial charge in [0.1, 0.15) is 12.4 Å². The number of halogens is 3. The lowest BCUT2D eigenvalue weighted by Crippen LogP contribution is -2.43. The number of alkyl halides is 3. The molecule has 9 heteroatoms. The maximum atomic E-state index is 12.4. The molecule has 0 unspecified atom stereocenters. The van der Waals surface area contributed by atoms with Gasteiger partial charge in [0.25, 0.3) is 0 Å². The SMILES string of the molecule is COC[C@H](C)NC(=O)N(C)Cc1nccn1CC(F)(F)F. The molecule has 1 rings (SSSR count). The Kier molecular flexibility index (Phi) is 6.01. The van der Waals surface area contributed by atoms with Crippen LogP contribution in [-0.2, 0) is 17.8 Å². The first-order chi connectivity index (χ1) is 9.73. The predicted octanol–water partition coefficient (Wildman–Crippen LogP) is 1.62. The third kappa shape index (κ3) is 6.03. The van der Waals surface area contributed by atoms with Crippen molar-refractivity contribution in [2.24, 2.45) is 0 Å². The minimum Gasteiger partial charge on any atom is -0.383 e. The number of hydrogen-bond donors (Lipinski definition) is 1. The van der Waals surface area contributed by atoms with Crippen molar-refractivity contribution in [2.45, 2.75) is 32.2 Å². The zero-order valence-electron chi connectivity index (χ0n) is 12.1. The quantitative estimate of drug-likeness (QED) is 0.869. The molecule has 0 fully saturated rings. The average Bonchev–Trinajstić information content (AvgIpc) is 2.74. The normalized spacial score (nSPS) is 13.0. The summed E-state index contributed by atoms with van der Waals surface area (Å²) in [5.41, 5.74) is 0. The molecule has 0 bridgehead atoms. The monoisotopic (exact) mass is 308 g/mol. The van der Waals surface area contributed by atoms with Crippen LogP contribution in [0.3, 0.4) is 0 Å². The Morgan fingerprint density at radius 2 is 2.24 bits per heavy atom. The summed E-state index contributed by atoms with van der Waals surface area (Å²) < 4.78 is 43.1. The van der Waals surface area contributed by atoms with Crippen LogP contribution >= 0.6 is 0 Å². The lowest BCUT2D eigenvalue weighted by molar-refractivity contribution is -0.141. The highest BCUT2D eigenvalue weighted by Crippen LogP contribution is 2.18. The molecule has 0 aliphatic rings. The molecule has 0 spiro atoms. The molecular formula is C12H19F3N4O2. The summed E-state index contributed by atoms with van der Waals surface area (Å²) >= 11 is 0. The Labute approximate surface area is 120 Å². The van der Waals surface area contributed by atoms with Crippen molar-refractivity contribution < 1.29 is 22.7 Å². The Bertz CT molecular complexity index is 462. The van der Waals surface area contributed by atoms with E-state index in [0.717, 1.165) is 4.57 Å². The molecule has 1 atom stereocenters. The molecule has 1 aromatic heterocycles. The van der Waals surface area contributed by atoms with E-state index in [-0.39, 0.29) is 18.4 Å². The Balaban J connectivity index is 2.60. The van der Waals surface area contributed by atoms with Crippen LogP contribution in [0.5, 0.6) is 0 Å². The summed E-state index contributed by atoms with van der Waals surface area (Å²) in [4.78, 5) is 17.0. The highest BCUT2D eigenvalue weighted by atomic mass is 19.4. The first kappa shape index (κ1) is 17.3. The topological polar surface area (TPSA) is 59.4 Å². The smallest absolute Gasteiger partial charge is 0.383 e. The third-order valence-electron chi connectivity index (χ3n) is 2.66. The fourth-order valence-corrected chi connectivity index (χ4v) is 1.73. The van der Waals surface area contributed by atoms with Gasteiger partial charge in [-0.05, 0) is 6.92 Å². The van der Waals surface area contributed by atoms with Gasteiger partial charge in [0.15, 0.2) is 0 Å². The number of ether oxygens (including phenoxy) is 1. The number of carbonyl (C=O) groups is 1. The van der Waals surface area contributed by atoms with E-state index in [0.29, 0.717) is 6.61 Å². The van der Waals surface area contributed by atoms with Crippen molar-refractivity contribution in [1.29, 1.82) is 0 Å². The average molecular weight is 308 g/mol. The number of methoxy groups -OCH3 is 1. The van der Waals surface area contributed by atoms with E-state index in [9.17, 15) is 18.0 Å². The summed E-state index contributed by atoms with van der Waals surface area (Å²) in [5, 5.41) is 2.66. The second-order valence-electron chi connectivity index (χ2n) is 4.75. The van der Waals surface area contributed by atoms with Gasteiger partial charge in [-0.25, -0.2) is 9.78 Å². The van der Waals surface area contributed by atoms with Gasteiger partial charge < -0.3 is 19.5 Å². The van der Waals surface area contributed by atoms with E-state index in [1.165, 1.54) is 31.5 Å². The largest absolute Gasteiger partial charge is 0.406 e. The fraction of sp³-hybridized carbons (Fsp3) is 0.667. The molecule has 6 nitrogen and oxygen atoms in total. The summed E-state index contributed by atoms with van der Waals surface area (Å²) in [6.07, 6.45) is -1.81. The van der Waals surface area contributed by atoms with Gasteiger partial charge in [0.2, 0.25) is 0 Å². The molecule has 21 heavy (non-hydrogen) atoms. The van der Waals surface area contributed by atoms with Crippen molar-refractivity contribution in [3.63, 3.8) is 0 Å². The summed E-state index contributed by atoms with van der Waals surface area (Å²) in [6, 6.07) is -0.596. The number of hydrogen-bond acceptors (Lipinski definition) is 3. The Morgan fingerprint density at radius 3 is 2.81 bits per heavy atom. The molecule has 1 heterocycles. The van der Waals surface area contributed by atoms with E-state index in [1.54, 1.807) is 6.92 Å². The number of amides is 2. The standard InChI is InChI=1S/C12H19F3N4O2/c1-9(7-21-3)17-11(20)18(2)6-10-16-4-5-19(10)8-12(13,14)15/h4-5,9H,6-8H2,1-3H3,(H,17,20)/t9-/m0/s1. The zero-order chi connectivity index (χ0) is 16.0. The molecule has 0 aliphatic heterocycles. The molecule has 1 N–H and O–H groups in total. The van der Waals surface area contributed by atoms with Crippen LogP contribution in [0.2, 0.25) is 0 Å². The first-order valence-corrected chi connectivity index (χ1v) is 6.30. The second kappa shape index (κ2) is 7.30. The minimum absolute atomic E-state index is 0.0192. The summed E-state index contributed by atoms with van der Waals surface area (Å²) in [7, 11) is 3.00. The summed E-state index contributed by atoms with van der Waals surface area (Å²) in [6.45, 7) is 0.967. The molecule has 0 aliphatic carbocycles. The third-order valence-corrected chi connectivity index (χ3v) is 2.66. The number of carbonyl (C=O) groups excluding carboxylic acids is 1. The Morgan fingerprint density at radius 1 is 1.57 bits per heavy atom. The van der Waals surface area contributed by atoms with Crippen molar-refractivity contribution in [2.75, 3.05) is 20.8 Å². The van der Waals surface area contributed by atoms with Crippen LogP contribution in [0.1, 0.15) is 12.7 Å². The van der Waals surface area contributed by atoms with Crippen LogP contribution in [0.15, 0.2) is 12.4 Å². The van der Waals surface area contributed by atoms with Crippen LogP contribution in [0.25, 0.3) is 0 Å². The van der Waals surface area contributed by atoms with Crippen LogP contribution < -0.4 is 5.32 Å². The van der Waals surface area contributed by atoms with Gasteiger partial charge in [-0.3, -0.25) is 0 Å². The van der Waals surface area contributed by atoms with Gasteiger partial charge >= 0.3 is 12.2 Å². The van der Waals surface area contributed by atoms with Gasteiger partial charge in [-0.15, -0.1) is 0 Å². The van der Waals surface area contributed by atoms with Crippen LogP contribution in [0, 0.1) is 0 Å². The van der Waals surface area contributed by atoms with Crippen LogP contribution in [0.4, 0.5) is 18.0 Å². The van der Waals surface area contributed by atoms with Crippen molar-refractivity contribution in [3.05, 3.63) is 18.2 Å². The van der Waals surface area contributed by atoms with E-state index in [4.69, 9.17) is 4.74 Å². The van der Waals surface area contributed by atoms with E-state index < -0.39 is 18.8 Å². The number of rotatable bonds is 6. The first-order valence-electron chi connectivity index (χ1n) is 6.30. The van der Waals surface area contributed by atoms with Gasteiger partial charge in [0.05, 0.1) is 19.2 Å². The number of urea groups is 1. The van der Waals surface area contributed by atoms with Crippen LogP contribution in [-0.4, -0.2) is 53.5 Å². The van der Waals surface area contributed by atoms with Crippen molar-refractivity contribution >= 4 is 6.03 Å². The van der Waals surface area contributed by atoms with Gasteiger partial charge in [0, 0.05) is 26.6 Å². The molecule has 2 amide bonds. The zero-order valence-corrected chi connectivity index (χ0v) is 12.1. The Hall–Kier alpha value is -1.77. The predicted molar refractivity (Wildman–Crippen MR) is 69.6 cm³/mol. The second-order valence-corrected chi connectivity index (χ2v) is 4.75. The van der Waals surface area contributed by atoms with E-state index >= 15 is 0 Å². The van der Waals surface area contributed by atoms with E-state index in [2.05, 4.69) is 10.3 Å². The van der Waals surface area contributed by atoms with Gasteiger partial charge in [-0.2, -0.15) is 13.2 Å². The molecule has 1 aromatic rings. The highest BCUT2D eigenvalue weighted by Gasteiger charge is 2.29. The number of aromatic nitrogens is 2. The molecule has 0 aromatic carbocycles. The van der Waals surface area contributed by atoms with Gasteiger partial charge in [-0.1, -0.05) is 0 Å². The molecule has 0 radical (unpaired) electrons. The molecule has 120 valence electrons. The molecule has 0 saturated carbocycles. The lowest BCUT2D eigenvalue weighted by Gasteiger charge is -2.21.